The van der Waals surface area contributed by atoms with Crippen molar-refractivity contribution in [3.63, 3.8) is 0 Å². The van der Waals surface area contributed by atoms with Gasteiger partial charge in [-0.25, -0.2) is 4.39 Å². The standard InChI is InChI=1S/C12H13FN2OS/c13-12-2-1-10(8-14)7-11(12)9-15-3-5-17(16)6-4-15/h1-2,7H,3-6,9H2. The van der Waals surface area contributed by atoms with Crippen LogP contribution >= 0.6 is 0 Å². The first-order valence-corrected chi connectivity index (χ1v) is 6.93. The molecule has 1 aromatic rings. The maximum absolute atomic E-state index is 13.5. The van der Waals surface area contributed by atoms with Crippen LogP contribution in [0.2, 0.25) is 0 Å². The molecule has 0 aliphatic carbocycles. The Kier molecular flexibility index (Phi) is 3.87. The first-order valence-electron chi connectivity index (χ1n) is 5.45. The number of nitrogens with zero attached hydrogens (tertiary/aromatic N) is 2. The van der Waals surface area contributed by atoms with Crippen LogP contribution in [0.1, 0.15) is 11.1 Å². The number of rotatable bonds is 2. The largest absolute Gasteiger partial charge is 0.297 e. The van der Waals surface area contributed by atoms with Crippen LogP contribution in [0, 0.1) is 17.1 Å². The minimum absolute atomic E-state index is 0.282. The average molecular weight is 252 g/mol. The summed E-state index contributed by atoms with van der Waals surface area (Å²) in [5, 5.41) is 8.77. The third-order valence-corrected chi connectivity index (χ3v) is 4.11. The lowest BCUT2D eigenvalue weighted by Crippen LogP contribution is -2.37. The first-order chi connectivity index (χ1) is 8.19. The zero-order valence-electron chi connectivity index (χ0n) is 9.36. The van der Waals surface area contributed by atoms with E-state index in [2.05, 4.69) is 4.90 Å². The maximum Gasteiger partial charge on any atom is 0.127 e. The van der Waals surface area contributed by atoms with E-state index in [9.17, 15) is 8.60 Å². The summed E-state index contributed by atoms with van der Waals surface area (Å²) >= 11 is 0. The SMILES string of the molecule is N#Cc1ccc(F)c(CN2CCS(=O)CC2)c1. The fourth-order valence-corrected chi connectivity index (χ4v) is 2.97. The average Bonchev–Trinajstić information content (AvgIpc) is 2.35. The number of nitriles is 1. The van der Waals surface area contributed by atoms with Crippen molar-refractivity contribution in [3.05, 3.63) is 35.1 Å². The summed E-state index contributed by atoms with van der Waals surface area (Å²) < 4.78 is 24.7. The smallest absolute Gasteiger partial charge is 0.127 e. The maximum atomic E-state index is 13.5. The van der Waals surface area contributed by atoms with Crippen molar-refractivity contribution in [2.75, 3.05) is 24.6 Å². The van der Waals surface area contributed by atoms with Gasteiger partial charge in [0, 0.05) is 47.5 Å². The fraction of sp³-hybridized carbons (Fsp3) is 0.417. The molecule has 0 radical (unpaired) electrons. The first kappa shape index (κ1) is 12.2. The molecular weight excluding hydrogens is 239 g/mol. The van der Waals surface area contributed by atoms with Crippen molar-refractivity contribution in [1.29, 1.82) is 5.26 Å². The highest BCUT2D eigenvalue weighted by Crippen LogP contribution is 2.14. The molecule has 17 heavy (non-hydrogen) atoms. The van der Waals surface area contributed by atoms with Gasteiger partial charge in [0.15, 0.2) is 0 Å². The van der Waals surface area contributed by atoms with Gasteiger partial charge >= 0.3 is 0 Å². The van der Waals surface area contributed by atoms with Crippen LogP contribution in [0.25, 0.3) is 0 Å². The Morgan fingerprint density at radius 1 is 1.41 bits per heavy atom. The van der Waals surface area contributed by atoms with E-state index in [1.54, 1.807) is 6.07 Å². The van der Waals surface area contributed by atoms with Crippen LogP contribution < -0.4 is 0 Å². The van der Waals surface area contributed by atoms with Crippen molar-refractivity contribution in [2.24, 2.45) is 0 Å². The van der Waals surface area contributed by atoms with E-state index in [1.165, 1.54) is 12.1 Å². The number of halogens is 1. The minimum Gasteiger partial charge on any atom is -0.297 e. The third kappa shape index (κ3) is 3.11. The molecule has 0 unspecified atom stereocenters. The molecule has 3 nitrogen and oxygen atoms in total. The van der Waals surface area contributed by atoms with Gasteiger partial charge in [0.25, 0.3) is 0 Å². The van der Waals surface area contributed by atoms with E-state index in [1.807, 2.05) is 6.07 Å². The van der Waals surface area contributed by atoms with Gasteiger partial charge in [-0.2, -0.15) is 5.26 Å². The monoisotopic (exact) mass is 252 g/mol. The molecule has 1 heterocycles. The second-order valence-corrected chi connectivity index (χ2v) is 5.74. The molecule has 1 aliphatic heterocycles. The van der Waals surface area contributed by atoms with Gasteiger partial charge in [-0.15, -0.1) is 0 Å². The van der Waals surface area contributed by atoms with Crippen molar-refractivity contribution < 1.29 is 8.60 Å². The van der Waals surface area contributed by atoms with Gasteiger partial charge in [-0.1, -0.05) is 0 Å². The Morgan fingerprint density at radius 2 is 2.12 bits per heavy atom. The van der Waals surface area contributed by atoms with Crippen LogP contribution in [0.5, 0.6) is 0 Å². The van der Waals surface area contributed by atoms with E-state index in [0.717, 1.165) is 13.1 Å². The zero-order valence-corrected chi connectivity index (χ0v) is 10.2. The highest BCUT2D eigenvalue weighted by molar-refractivity contribution is 7.85. The summed E-state index contributed by atoms with van der Waals surface area (Å²) in [4.78, 5) is 2.07. The molecule has 1 fully saturated rings. The van der Waals surface area contributed by atoms with Crippen molar-refractivity contribution >= 4 is 10.8 Å². The topological polar surface area (TPSA) is 44.1 Å². The van der Waals surface area contributed by atoms with E-state index >= 15 is 0 Å². The number of hydrogen-bond acceptors (Lipinski definition) is 3. The van der Waals surface area contributed by atoms with E-state index in [0.29, 0.717) is 29.2 Å². The van der Waals surface area contributed by atoms with Gasteiger partial charge < -0.3 is 0 Å². The van der Waals surface area contributed by atoms with Gasteiger partial charge in [-0.3, -0.25) is 9.11 Å². The van der Waals surface area contributed by atoms with Crippen molar-refractivity contribution in [1.82, 2.24) is 4.90 Å². The highest BCUT2D eigenvalue weighted by atomic mass is 32.2. The third-order valence-electron chi connectivity index (χ3n) is 2.84. The molecule has 1 saturated heterocycles. The summed E-state index contributed by atoms with van der Waals surface area (Å²) in [5.41, 5.74) is 1.01. The molecule has 0 spiro atoms. The van der Waals surface area contributed by atoms with Gasteiger partial charge in [0.2, 0.25) is 0 Å². The molecule has 0 saturated carbocycles. The molecule has 0 atom stereocenters. The van der Waals surface area contributed by atoms with Crippen LogP contribution in [0.3, 0.4) is 0 Å². The second kappa shape index (κ2) is 5.39. The van der Waals surface area contributed by atoms with E-state index in [4.69, 9.17) is 5.26 Å². The fourth-order valence-electron chi connectivity index (χ4n) is 1.84. The molecule has 90 valence electrons. The predicted octanol–water partition coefficient (Wildman–Crippen LogP) is 1.26. The predicted molar refractivity (Wildman–Crippen MR) is 64.3 cm³/mol. The van der Waals surface area contributed by atoms with E-state index < -0.39 is 10.8 Å². The second-order valence-electron chi connectivity index (χ2n) is 4.04. The quantitative estimate of drug-likeness (QED) is 0.796. The Hall–Kier alpha value is -1.25. The Bertz CT molecular complexity index is 474. The van der Waals surface area contributed by atoms with Crippen LogP contribution in [0.15, 0.2) is 18.2 Å². The minimum atomic E-state index is -0.718. The Labute approximate surface area is 102 Å². The molecule has 2 rings (SSSR count). The molecule has 0 amide bonds. The summed E-state index contributed by atoms with van der Waals surface area (Å²) in [5.74, 6) is 1.02. The molecule has 0 bridgehead atoms. The summed E-state index contributed by atoms with van der Waals surface area (Å²) in [6.45, 7) is 1.93. The molecule has 5 heteroatoms. The highest BCUT2D eigenvalue weighted by Gasteiger charge is 2.16. The summed E-state index contributed by atoms with van der Waals surface area (Å²) in [6, 6.07) is 6.39. The zero-order chi connectivity index (χ0) is 12.3. The normalized spacial score (nSPS) is 17.9. The summed E-state index contributed by atoms with van der Waals surface area (Å²) in [7, 11) is -0.718. The van der Waals surface area contributed by atoms with Crippen LogP contribution in [0.4, 0.5) is 4.39 Å². The number of hydrogen-bond donors (Lipinski definition) is 0. The molecule has 0 aromatic heterocycles. The lowest BCUT2D eigenvalue weighted by atomic mass is 10.1. The van der Waals surface area contributed by atoms with E-state index in [-0.39, 0.29) is 5.82 Å². The lowest BCUT2D eigenvalue weighted by Gasteiger charge is -2.26. The summed E-state index contributed by atoms with van der Waals surface area (Å²) in [6.07, 6.45) is 0. The lowest BCUT2D eigenvalue weighted by molar-refractivity contribution is 0.287. The van der Waals surface area contributed by atoms with Crippen LogP contribution in [-0.2, 0) is 17.3 Å². The Morgan fingerprint density at radius 3 is 2.76 bits per heavy atom. The van der Waals surface area contributed by atoms with Gasteiger partial charge in [0.05, 0.1) is 11.6 Å². The number of benzene rings is 1. The molecule has 1 aliphatic rings. The van der Waals surface area contributed by atoms with Crippen molar-refractivity contribution in [2.45, 2.75) is 6.54 Å². The molecule has 0 N–H and O–H groups in total. The van der Waals surface area contributed by atoms with Gasteiger partial charge in [-0.05, 0) is 18.2 Å². The van der Waals surface area contributed by atoms with Gasteiger partial charge in [0.1, 0.15) is 5.82 Å². The molecule has 1 aromatic carbocycles. The Balaban J connectivity index is 2.08. The van der Waals surface area contributed by atoms with Crippen LogP contribution in [-0.4, -0.2) is 33.7 Å². The molecular formula is C12H13FN2OS. The van der Waals surface area contributed by atoms with Crippen molar-refractivity contribution in [3.8, 4) is 6.07 Å².